The number of benzene rings is 2. The first-order chi connectivity index (χ1) is 15.5. The van der Waals surface area contributed by atoms with E-state index in [0.29, 0.717) is 37.2 Å². The van der Waals surface area contributed by atoms with Gasteiger partial charge in [-0.3, -0.25) is 9.69 Å². The molecule has 1 aliphatic heterocycles. The van der Waals surface area contributed by atoms with E-state index in [0.717, 1.165) is 29.7 Å². The number of carbonyl (C=O) groups excluding carboxylic acids is 1. The fourth-order valence-electron chi connectivity index (χ4n) is 4.58. The standard InChI is InChI=1S/C25H27FN4O2/c1-32-21-8-7-19(23(26)11-21)15-30-10-4-9-25(16-30,24(27)31)12-18-5-2-3-6-22(18)20-13-28-17-29-14-20/h2-3,5-8,11,13-14,17H,4,9-10,12,15-16H2,1H3,(H2,27,31)/t25-/m1/s1. The van der Waals surface area contributed by atoms with Gasteiger partial charge in [-0.25, -0.2) is 14.4 Å². The van der Waals surface area contributed by atoms with Gasteiger partial charge in [0.25, 0.3) is 0 Å². The number of primary amides is 1. The van der Waals surface area contributed by atoms with E-state index in [2.05, 4.69) is 14.9 Å². The minimum absolute atomic E-state index is 0.311. The van der Waals surface area contributed by atoms with Gasteiger partial charge in [0.15, 0.2) is 0 Å². The second-order valence-electron chi connectivity index (χ2n) is 8.38. The number of rotatable bonds is 7. The molecule has 0 saturated carbocycles. The number of likely N-dealkylation sites (tertiary alicyclic amines) is 1. The number of amides is 1. The van der Waals surface area contributed by atoms with Crippen molar-refractivity contribution < 1.29 is 13.9 Å². The lowest BCUT2D eigenvalue weighted by Crippen LogP contribution is -2.51. The fraction of sp³-hybridized carbons (Fsp3) is 0.320. The van der Waals surface area contributed by atoms with E-state index in [9.17, 15) is 9.18 Å². The number of aromatic nitrogens is 2. The highest BCUT2D eigenvalue weighted by atomic mass is 19.1. The highest BCUT2D eigenvalue weighted by molar-refractivity contribution is 5.82. The maximum absolute atomic E-state index is 14.5. The molecule has 7 heteroatoms. The number of hydrogen-bond acceptors (Lipinski definition) is 5. The van der Waals surface area contributed by atoms with E-state index < -0.39 is 5.41 Å². The highest BCUT2D eigenvalue weighted by Crippen LogP contribution is 2.37. The summed E-state index contributed by atoms with van der Waals surface area (Å²) in [6.07, 6.45) is 7.05. The van der Waals surface area contributed by atoms with Crippen molar-refractivity contribution in [3.8, 4) is 16.9 Å². The quantitative estimate of drug-likeness (QED) is 0.615. The maximum atomic E-state index is 14.5. The third kappa shape index (κ3) is 4.62. The minimum Gasteiger partial charge on any atom is -0.497 e. The Kier molecular flexibility index (Phi) is 6.46. The molecule has 6 nitrogen and oxygen atoms in total. The van der Waals surface area contributed by atoms with E-state index in [-0.39, 0.29) is 11.7 Å². The van der Waals surface area contributed by atoms with E-state index in [1.807, 2.05) is 24.3 Å². The average molecular weight is 435 g/mol. The molecule has 0 unspecified atom stereocenters. The molecule has 0 aliphatic carbocycles. The predicted molar refractivity (Wildman–Crippen MR) is 120 cm³/mol. The maximum Gasteiger partial charge on any atom is 0.225 e. The Labute approximate surface area is 187 Å². The van der Waals surface area contributed by atoms with Crippen LogP contribution in [-0.2, 0) is 17.8 Å². The van der Waals surface area contributed by atoms with Crippen molar-refractivity contribution in [1.82, 2.24) is 14.9 Å². The lowest BCUT2D eigenvalue weighted by Gasteiger charge is -2.41. The Morgan fingerprint density at radius 3 is 2.69 bits per heavy atom. The summed E-state index contributed by atoms with van der Waals surface area (Å²) in [6, 6.07) is 12.8. The second kappa shape index (κ2) is 9.44. The topological polar surface area (TPSA) is 81.3 Å². The van der Waals surface area contributed by atoms with Gasteiger partial charge in [-0.05, 0) is 43.0 Å². The molecule has 1 atom stereocenters. The minimum atomic E-state index is -0.729. The second-order valence-corrected chi connectivity index (χ2v) is 8.38. The van der Waals surface area contributed by atoms with Crippen LogP contribution in [0.3, 0.4) is 0 Å². The van der Waals surface area contributed by atoms with Crippen molar-refractivity contribution in [3.05, 3.63) is 78.1 Å². The molecule has 4 rings (SSSR count). The lowest BCUT2D eigenvalue weighted by molar-refractivity contribution is -0.131. The molecule has 1 aliphatic rings. The number of nitrogens with zero attached hydrogens (tertiary/aromatic N) is 3. The fourth-order valence-corrected chi connectivity index (χ4v) is 4.58. The van der Waals surface area contributed by atoms with Gasteiger partial charge in [0.2, 0.25) is 5.91 Å². The highest BCUT2D eigenvalue weighted by Gasteiger charge is 2.41. The SMILES string of the molecule is COc1ccc(CN2CCC[C@](Cc3ccccc3-c3cncnc3)(C(N)=O)C2)c(F)c1. The normalized spacial score (nSPS) is 18.9. The summed E-state index contributed by atoms with van der Waals surface area (Å²) in [5, 5.41) is 0. The van der Waals surface area contributed by atoms with E-state index in [1.54, 1.807) is 24.5 Å². The van der Waals surface area contributed by atoms with Gasteiger partial charge in [0, 0.05) is 42.7 Å². The molecular formula is C25H27FN4O2. The average Bonchev–Trinajstić information content (AvgIpc) is 2.81. The van der Waals surface area contributed by atoms with Gasteiger partial charge in [0.1, 0.15) is 17.9 Å². The van der Waals surface area contributed by atoms with Gasteiger partial charge < -0.3 is 10.5 Å². The molecule has 0 bridgehead atoms. The molecule has 3 aromatic rings. The van der Waals surface area contributed by atoms with Gasteiger partial charge >= 0.3 is 0 Å². The van der Waals surface area contributed by atoms with E-state index >= 15 is 0 Å². The molecule has 1 amide bonds. The smallest absolute Gasteiger partial charge is 0.225 e. The van der Waals surface area contributed by atoms with Crippen molar-refractivity contribution in [1.29, 1.82) is 0 Å². The number of halogens is 1. The Morgan fingerprint density at radius 1 is 1.19 bits per heavy atom. The Morgan fingerprint density at radius 2 is 1.97 bits per heavy atom. The predicted octanol–water partition coefficient (Wildman–Crippen LogP) is 3.60. The largest absolute Gasteiger partial charge is 0.497 e. The zero-order valence-corrected chi connectivity index (χ0v) is 18.1. The first kappa shape index (κ1) is 21.9. The number of ether oxygens (including phenoxy) is 1. The Hall–Kier alpha value is -3.32. The third-order valence-corrected chi connectivity index (χ3v) is 6.25. The Balaban J connectivity index is 1.59. The van der Waals surface area contributed by atoms with E-state index in [1.165, 1.54) is 19.5 Å². The van der Waals surface area contributed by atoms with Crippen LogP contribution in [0.5, 0.6) is 5.75 Å². The number of hydrogen-bond donors (Lipinski definition) is 1. The summed E-state index contributed by atoms with van der Waals surface area (Å²) in [5.41, 5.74) is 8.75. The first-order valence-electron chi connectivity index (χ1n) is 10.7. The molecule has 1 aromatic heterocycles. The number of piperidine rings is 1. The zero-order valence-electron chi connectivity index (χ0n) is 18.1. The number of methoxy groups -OCH3 is 1. The monoisotopic (exact) mass is 434 g/mol. The van der Waals surface area contributed by atoms with Crippen LogP contribution >= 0.6 is 0 Å². The molecule has 0 radical (unpaired) electrons. The summed E-state index contributed by atoms with van der Waals surface area (Å²) < 4.78 is 19.6. The van der Waals surface area contributed by atoms with Crippen molar-refractivity contribution in [3.63, 3.8) is 0 Å². The summed E-state index contributed by atoms with van der Waals surface area (Å²) in [5.74, 6) is -0.150. The third-order valence-electron chi connectivity index (χ3n) is 6.25. The van der Waals surface area contributed by atoms with Gasteiger partial charge in [-0.2, -0.15) is 0 Å². The summed E-state index contributed by atoms with van der Waals surface area (Å²) >= 11 is 0. The summed E-state index contributed by atoms with van der Waals surface area (Å²) in [7, 11) is 1.51. The molecule has 1 fully saturated rings. The van der Waals surface area contributed by atoms with E-state index in [4.69, 9.17) is 10.5 Å². The van der Waals surface area contributed by atoms with Crippen LogP contribution in [0.1, 0.15) is 24.0 Å². The van der Waals surface area contributed by atoms with Crippen LogP contribution in [-0.4, -0.2) is 41.0 Å². The number of nitrogens with two attached hydrogens (primary N) is 1. The lowest BCUT2D eigenvalue weighted by atomic mass is 9.73. The molecule has 166 valence electrons. The van der Waals surface area contributed by atoms with Crippen molar-refractivity contribution >= 4 is 5.91 Å². The van der Waals surface area contributed by atoms with Crippen LogP contribution in [0.2, 0.25) is 0 Å². The van der Waals surface area contributed by atoms with Gasteiger partial charge in [-0.15, -0.1) is 0 Å². The molecule has 2 N–H and O–H groups in total. The van der Waals surface area contributed by atoms with Crippen molar-refractivity contribution in [2.75, 3.05) is 20.2 Å². The van der Waals surface area contributed by atoms with Crippen LogP contribution in [0.15, 0.2) is 61.2 Å². The molecule has 2 heterocycles. The van der Waals surface area contributed by atoms with Crippen LogP contribution in [0.25, 0.3) is 11.1 Å². The van der Waals surface area contributed by atoms with Crippen molar-refractivity contribution in [2.24, 2.45) is 11.1 Å². The number of carbonyl (C=O) groups is 1. The van der Waals surface area contributed by atoms with Gasteiger partial charge in [0.05, 0.1) is 12.5 Å². The summed E-state index contributed by atoms with van der Waals surface area (Å²) in [6.45, 7) is 1.68. The molecule has 1 saturated heterocycles. The van der Waals surface area contributed by atoms with Gasteiger partial charge in [-0.1, -0.05) is 30.3 Å². The van der Waals surface area contributed by atoms with Crippen LogP contribution < -0.4 is 10.5 Å². The summed E-state index contributed by atoms with van der Waals surface area (Å²) in [4.78, 5) is 23.1. The van der Waals surface area contributed by atoms with Crippen molar-refractivity contribution in [2.45, 2.75) is 25.8 Å². The van der Waals surface area contributed by atoms with Crippen LogP contribution in [0.4, 0.5) is 4.39 Å². The molecule has 0 spiro atoms. The molecule has 2 aromatic carbocycles. The first-order valence-corrected chi connectivity index (χ1v) is 10.7. The Bertz CT molecular complexity index is 1090. The zero-order chi connectivity index (χ0) is 22.6. The molecular weight excluding hydrogens is 407 g/mol. The molecule has 32 heavy (non-hydrogen) atoms. The van der Waals surface area contributed by atoms with Crippen LogP contribution in [0, 0.1) is 11.2 Å².